The Kier molecular flexibility index (Phi) is 7.04. The lowest BCUT2D eigenvalue weighted by atomic mass is 10.2. The molecule has 0 atom stereocenters. The Morgan fingerprint density at radius 1 is 1.31 bits per heavy atom. The average Bonchev–Trinajstić information content (AvgIpc) is 3.11. The zero-order valence-electron chi connectivity index (χ0n) is 14.1. The molecule has 1 N–H and O–H groups in total. The maximum absolute atomic E-state index is 5.88. The zero-order valence-corrected chi connectivity index (χ0v) is 18.6. The first-order valence-corrected chi connectivity index (χ1v) is 10.8. The quantitative estimate of drug-likeness (QED) is 0.213. The van der Waals surface area contributed by atoms with Crippen molar-refractivity contribution in [3.63, 3.8) is 0 Å². The summed E-state index contributed by atoms with van der Waals surface area (Å²) in [4.78, 5) is 4.57. The number of rotatable bonds is 7. The van der Waals surface area contributed by atoms with E-state index in [1.54, 1.807) is 6.21 Å². The molecular weight excluding hydrogens is 525 g/mol. The monoisotopic (exact) mass is 541 g/mol. The number of hydrazone groups is 1. The number of ether oxygens (including phenoxy) is 1. The molecule has 26 heavy (non-hydrogen) atoms. The molecule has 7 heteroatoms. The summed E-state index contributed by atoms with van der Waals surface area (Å²) < 4.78 is 7.92. The van der Waals surface area contributed by atoms with Crippen LogP contribution in [0.2, 0.25) is 0 Å². The van der Waals surface area contributed by atoms with Crippen LogP contribution in [0.5, 0.6) is 5.75 Å². The van der Waals surface area contributed by atoms with Crippen molar-refractivity contribution in [3.05, 3.63) is 61.5 Å². The normalized spacial score (nSPS) is 11.0. The molecule has 0 saturated heterocycles. The highest BCUT2D eigenvalue weighted by atomic mass is 127. The molecule has 1 aromatic heterocycles. The topological polar surface area (TPSA) is 46.5 Å². The van der Waals surface area contributed by atoms with Crippen molar-refractivity contribution >= 4 is 61.2 Å². The Labute approximate surface area is 179 Å². The van der Waals surface area contributed by atoms with Crippen LogP contribution >= 0.6 is 49.9 Å². The minimum atomic E-state index is 0.679. The van der Waals surface area contributed by atoms with Gasteiger partial charge in [-0.15, -0.1) is 11.3 Å². The molecule has 0 unspecified atom stereocenters. The molecule has 0 saturated carbocycles. The summed E-state index contributed by atoms with van der Waals surface area (Å²) in [6.45, 7) is 2.77. The number of nitrogens with zero attached hydrogens (tertiary/aromatic N) is 2. The molecule has 0 aliphatic carbocycles. The average molecular weight is 542 g/mol. The fraction of sp³-hybridized carbons (Fsp3) is 0.158. The van der Waals surface area contributed by atoms with Crippen molar-refractivity contribution in [2.24, 2.45) is 5.10 Å². The van der Waals surface area contributed by atoms with E-state index >= 15 is 0 Å². The van der Waals surface area contributed by atoms with Crippen molar-refractivity contribution in [3.8, 4) is 17.0 Å². The lowest BCUT2D eigenvalue weighted by Crippen LogP contribution is -2.01. The van der Waals surface area contributed by atoms with Crippen LogP contribution in [-0.2, 0) is 0 Å². The van der Waals surface area contributed by atoms with Crippen LogP contribution in [0.3, 0.4) is 0 Å². The van der Waals surface area contributed by atoms with Gasteiger partial charge in [-0.3, -0.25) is 5.43 Å². The van der Waals surface area contributed by atoms with Gasteiger partial charge in [-0.25, -0.2) is 4.98 Å². The number of thiazole rings is 1. The van der Waals surface area contributed by atoms with Gasteiger partial charge >= 0.3 is 0 Å². The molecule has 0 aliphatic heterocycles. The van der Waals surface area contributed by atoms with Gasteiger partial charge in [0.15, 0.2) is 0 Å². The number of halogens is 2. The van der Waals surface area contributed by atoms with Crippen LogP contribution in [0.15, 0.2) is 57.4 Å². The minimum absolute atomic E-state index is 0.679. The van der Waals surface area contributed by atoms with Gasteiger partial charge in [-0.2, -0.15) is 5.10 Å². The number of nitrogens with one attached hydrogen (secondary N) is 1. The zero-order chi connectivity index (χ0) is 18.4. The Hall–Kier alpha value is -1.45. The Morgan fingerprint density at radius 3 is 2.88 bits per heavy atom. The number of anilines is 1. The van der Waals surface area contributed by atoms with Gasteiger partial charge in [0, 0.05) is 21.0 Å². The van der Waals surface area contributed by atoms with Crippen molar-refractivity contribution in [1.82, 2.24) is 4.98 Å². The van der Waals surface area contributed by atoms with Gasteiger partial charge in [0.1, 0.15) is 5.75 Å². The van der Waals surface area contributed by atoms with Crippen LogP contribution in [0, 0.1) is 3.57 Å². The number of hydrogen-bond acceptors (Lipinski definition) is 5. The predicted octanol–water partition coefficient (Wildman–Crippen LogP) is 6.41. The SMILES string of the molecule is CCCOc1c(I)cc(Br)cc1C=NNc1nc(-c2ccccc2)cs1. The van der Waals surface area contributed by atoms with Crippen LogP contribution < -0.4 is 10.2 Å². The molecule has 4 nitrogen and oxygen atoms in total. The van der Waals surface area contributed by atoms with E-state index in [2.05, 4.69) is 61.0 Å². The van der Waals surface area contributed by atoms with E-state index in [1.165, 1.54) is 11.3 Å². The van der Waals surface area contributed by atoms with E-state index in [-0.39, 0.29) is 0 Å². The lowest BCUT2D eigenvalue weighted by Gasteiger charge is -2.11. The summed E-state index contributed by atoms with van der Waals surface area (Å²) in [5.41, 5.74) is 5.97. The van der Waals surface area contributed by atoms with Gasteiger partial charge in [-0.05, 0) is 41.1 Å². The van der Waals surface area contributed by atoms with E-state index < -0.39 is 0 Å². The maximum Gasteiger partial charge on any atom is 0.203 e. The van der Waals surface area contributed by atoms with E-state index in [4.69, 9.17) is 4.74 Å². The van der Waals surface area contributed by atoms with E-state index in [9.17, 15) is 0 Å². The molecular formula is C19H17BrIN3OS. The second-order valence-corrected chi connectivity index (χ2v) is 8.36. The highest BCUT2D eigenvalue weighted by Gasteiger charge is 2.09. The van der Waals surface area contributed by atoms with E-state index in [0.717, 1.165) is 42.2 Å². The molecule has 3 rings (SSSR count). The molecule has 1 heterocycles. The van der Waals surface area contributed by atoms with Crippen LogP contribution in [0.4, 0.5) is 5.13 Å². The van der Waals surface area contributed by atoms with Gasteiger partial charge in [0.05, 0.1) is 22.1 Å². The molecule has 3 aromatic rings. The summed E-state index contributed by atoms with van der Waals surface area (Å²) >= 11 is 7.33. The molecule has 0 aliphatic rings. The highest BCUT2D eigenvalue weighted by molar-refractivity contribution is 14.1. The molecule has 134 valence electrons. The van der Waals surface area contributed by atoms with Gasteiger partial charge in [-0.1, -0.05) is 53.2 Å². The standard InChI is InChI=1S/C19H17BrIN3OS/c1-2-8-25-18-14(9-15(20)10-16(18)21)11-22-24-19-23-17(12-26-19)13-6-4-3-5-7-13/h3-7,9-12H,2,8H2,1H3,(H,23,24). The van der Waals surface area contributed by atoms with Gasteiger partial charge < -0.3 is 4.74 Å². The molecule has 0 spiro atoms. The van der Waals surface area contributed by atoms with Crippen LogP contribution in [0.25, 0.3) is 11.3 Å². The smallest absolute Gasteiger partial charge is 0.203 e. The third-order valence-corrected chi connectivity index (χ3v) is 5.43. The van der Waals surface area contributed by atoms with Gasteiger partial charge in [0.25, 0.3) is 0 Å². The van der Waals surface area contributed by atoms with Crippen molar-refractivity contribution in [1.29, 1.82) is 0 Å². The largest absolute Gasteiger partial charge is 0.492 e. The molecule has 0 amide bonds. The molecule has 2 aromatic carbocycles. The summed E-state index contributed by atoms with van der Waals surface area (Å²) in [5.74, 6) is 0.852. The van der Waals surface area contributed by atoms with Crippen molar-refractivity contribution in [2.45, 2.75) is 13.3 Å². The third kappa shape index (κ3) is 5.05. The summed E-state index contributed by atoms with van der Waals surface area (Å²) in [6, 6.07) is 14.1. The van der Waals surface area contributed by atoms with Gasteiger partial charge in [0.2, 0.25) is 5.13 Å². The fourth-order valence-corrected chi connectivity index (χ4v) is 4.63. The predicted molar refractivity (Wildman–Crippen MR) is 121 cm³/mol. The molecule has 0 fully saturated rings. The highest BCUT2D eigenvalue weighted by Crippen LogP contribution is 2.29. The maximum atomic E-state index is 5.88. The first kappa shape index (κ1) is 19.3. The van der Waals surface area contributed by atoms with Crippen molar-refractivity contribution < 1.29 is 4.74 Å². The number of hydrogen-bond donors (Lipinski definition) is 1. The lowest BCUT2D eigenvalue weighted by molar-refractivity contribution is 0.315. The Bertz CT molecular complexity index is 899. The Morgan fingerprint density at radius 2 is 2.12 bits per heavy atom. The van der Waals surface area contributed by atoms with Crippen LogP contribution in [-0.4, -0.2) is 17.8 Å². The van der Waals surface area contributed by atoms with Crippen molar-refractivity contribution in [2.75, 3.05) is 12.0 Å². The summed E-state index contributed by atoms with van der Waals surface area (Å²) in [5, 5.41) is 7.11. The second-order valence-electron chi connectivity index (χ2n) is 5.43. The number of aromatic nitrogens is 1. The minimum Gasteiger partial charge on any atom is -0.492 e. The number of benzene rings is 2. The second kappa shape index (κ2) is 9.48. The Balaban J connectivity index is 1.74. The molecule has 0 bridgehead atoms. The van der Waals surface area contributed by atoms with Crippen LogP contribution in [0.1, 0.15) is 18.9 Å². The fourth-order valence-electron chi connectivity index (χ4n) is 2.26. The first-order chi connectivity index (χ1) is 12.7. The summed E-state index contributed by atoms with van der Waals surface area (Å²) in [7, 11) is 0. The first-order valence-electron chi connectivity index (χ1n) is 8.09. The summed E-state index contributed by atoms with van der Waals surface area (Å²) in [6.07, 6.45) is 2.73. The third-order valence-electron chi connectivity index (χ3n) is 3.43. The molecule has 0 radical (unpaired) electrons. The van der Waals surface area contributed by atoms with E-state index in [0.29, 0.717) is 6.61 Å². The van der Waals surface area contributed by atoms with E-state index in [1.807, 2.05) is 47.8 Å².